The Morgan fingerprint density at radius 3 is 2.60 bits per heavy atom. The predicted octanol–water partition coefficient (Wildman–Crippen LogP) is 2.90. The smallest absolute Gasteiger partial charge is 0.233 e. The van der Waals surface area contributed by atoms with Crippen molar-refractivity contribution >= 4 is 0 Å². The highest BCUT2D eigenvalue weighted by molar-refractivity contribution is 5.31. The van der Waals surface area contributed by atoms with Crippen LogP contribution in [0.3, 0.4) is 0 Å². The molecular weight excluding hydrogens is 250 g/mol. The largest absolute Gasteiger partial charge is 0.339 e. The van der Waals surface area contributed by atoms with Gasteiger partial charge in [-0.3, -0.25) is 0 Å². The van der Waals surface area contributed by atoms with E-state index in [1.807, 2.05) is 0 Å². The molecule has 0 amide bonds. The van der Waals surface area contributed by atoms with Gasteiger partial charge in [0.05, 0.1) is 5.41 Å². The van der Waals surface area contributed by atoms with Crippen LogP contribution in [-0.4, -0.2) is 16.7 Å². The lowest BCUT2D eigenvalue weighted by Gasteiger charge is -2.20. The zero-order chi connectivity index (χ0) is 14.8. The number of aromatic nitrogens is 2. The van der Waals surface area contributed by atoms with Gasteiger partial charge in [0.15, 0.2) is 5.82 Å². The number of hydrogen-bond donors (Lipinski definition) is 1. The molecule has 0 saturated heterocycles. The highest BCUT2D eigenvalue weighted by Gasteiger charge is 2.29. The second-order valence-electron chi connectivity index (χ2n) is 5.73. The Balaban J connectivity index is 2.19. The van der Waals surface area contributed by atoms with E-state index in [-0.39, 0.29) is 5.41 Å². The van der Waals surface area contributed by atoms with E-state index in [1.165, 1.54) is 16.7 Å². The molecule has 0 saturated carbocycles. The molecule has 4 heteroatoms. The normalized spacial score (nSPS) is 14.2. The van der Waals surface area contributed by atoms with E-state index in [9.17, 15) is 0 Å². The van der Waals surface area contributed by atoms with Crippen molar-refractivity contribution < 1.29 is 4.52 Å². The fourth-order valence-corrected chi connectivity index (χ4v) is 2.05. The minimum absolute atomic E-state index is 0.228. The summed E-state index contributed by atoms with van der Waals surface area (Å²) in [6.45, 7) is 8.87. The molecule has 108 valence electrons. The molecule has 2 rings (SSSR count). The molecule has 2 aromatic rings. The van der Waals surface area contributed by atoms with E-state index < -0.39 is 0 Å². The Labute approximate surface area is 120 Å². The van der Waals surface area contributed by atoms with Crippen molar-refractivity contribution in [2.45, 2.75) is 46.0 Å². The van der Waals surface area contributed by atoms with Crippen LogP contribution in [0.1, 0.15) is 48.7 Å². The summed E-state index contributed by atoms with van der Waals surface area (Å²) in [6.07, 6.45) is 1.57. The number of benzene rings is 1. The van der Waals surface area contributed by atoms with Crippen molar-refractivity contribution in [1.29, 1.82) is 0 Å². The number of aryl methyl sites for hydroxylation is 2. The highest BCUT2D eigenvalue weighted by Crippen LogP contribution is 2.25. The topological polar surface area (TPSA) is 64.9 Å². The fourth-order valence-electron chi connectivity index (χ4n) is 2.05. The molecule has 0 spiro atoms. The van der Waals surface area contributed by atoms with E-state index in [4.69, 9.17) is 10.3 Å². The standard InChI is InChI=1S/C16H23N3O/c1-5-16(4,10-17)15-18-14(19-20-15)9-13-7-6-11(2)12(3)8-13/h6-8H,5,9-10,17H2,1-4H3. The van der Waals surface area contributed by atoms with E-state index in [1.54, 1.807) is 0 Å². The van der Waals surface area contributed by atoms with Gasteiger partial charge in [-0.2, -0.15) is 4.98 Å². The number of nitrogens with two attached hydrogens (primary N) is 1. The Kier molecular flexibility index (Phi) is 4.23. The number of rotatable bonds is 5. The predicted molar refractivity (Wildman–Crippen MR) is 79.7 cm³/mol. The molecule has 1 aromatic carbocycles. The van der Waals surface area contributed by atoms with Crippen LogP contribution in [0.5, 0.6) is 0 Å². The molecule has 2 N–H and O–H groups in total. The monoisotopic (exact) mass is 273 g/mol. The van der Waals surface area contributed by atoms with Gasteiger partial charge in [-0.25, -0.2) is 0 Å². The third-order valence-corrected chi connectivity index (χ3v) is 4.15. The second-order valence-corrected chi connectivity index (χ2v) is 5.73. The third kappa shape index (κ3) is 2.90. The van der Waals surface area contributed by atoms with Crippen molar-refractivity contribution in [2.24, 2.45) is 5.73 Å². The minimum atomic E-state index is -0.228. The van der Waals surface area contributed by atoms with Crippen LogP contribution in [0, 0.1) is 13.8 Å². The fraction of sp³-hybridized carbons (Fsp3) is 0.500. The van der Waals surface area contributed by atoms with Crippen molar-refractivity contribution in [3.63, 3.8) is 0 Å². The maximum atomic E-state index is 5.82. The molecule has 0 aliphatic rings. The van der Waals surface area contributed by atoms with Gasteiger partial charge < -0.3 is 10.3 Å². The lowest BCUT2D eigenvalue weighted by atomic mass is 9.88. The third-order valence-electron chi connectivity index (χ3n) is 4.15. The summed E-state index contributed by atoms with van der Waals surface area (Å²) in [5, 5.41) is 4.08. The van der Waals surface area contributed by atoms with Crippen molar-refractivity contribution in [3.05, 3.63) is 46.6 Å². The van der Waals surface area contributed by atoms with Gasteiger partial charge in [-0.05, 0) is 43.9 Å². The summed E-state index contributed by atoms with van der Waals surface area (Å²) in [6, 6.07) is 6.41. The molecule has 4 nitrogen and oxygen atoms in total. The van der Waals surface area contributed by atoms with Crippen LogP contribution >= 0.6 is 0 Å². The van der Waals surface area contributed by atoms with Crippen LogP contribution in [0.4, 0.5) is 0 Å². The van der Waals surface area contributed by atoms with E-state index in [0.717, 1.165) is 12.2 Å². The number of nitrogens with zero attached hydrogens (tertiary/aromatic N) is 2. The van der Waals surface area contributed by atoms with Crippen molar-refractivity contribution in [3.8, 4) is 0 Å². The Hall–Kier alpha value is -1.68. The van der Waals surface area contributed by atoms with E-state index >= 15 is 0 Å². The SMILES string of the molecule is CCC(C)(CN)c1nc(Cc2ccc(C)c(C)c2)no1. The molecule has 0 fully saturated rings. The zero-order valence-corrected chi connectivity index (χ0v) is 12.7. The Morgan fingerprint density at radius 2 is 2.00 bits per heavy atom. The molecule has 1 heterocycles. The van der Waals surface area contributed by atoms with Crippen LogP contribution < -0.4 is 5.73 Å². The van der Waals surface area contributed by atoms with Crippen LogP contribution in [0.25, 0.3) is 0 Å². The van der Waals surface area contributed by atoms with Crippen LogP contribution in [0.15, 0.2) is 22.7 Å². The molecule has 0 bridgehead atoms. The number of hydrogen-bond acceptors (Lipinski definition) is 4. The lowest BCUT2D eigenvalue weighted by molar-refractivity contribution is 0.289. The average molecular weight is 273 g/mol. The average Bonchev–Trinajstić information content (AvgIpc) is 2.91. The van der Waals surface area contributed by atoms with E-state index in [2.05, 4.69) is 56.0 Å². The van der Waals surface area contributed by atoms with E-state index in [0.29, 0.717) is 18.9 Å². The van der Waals surface area contributed by atoms with Gasteiger partial charge in [0, 0.05) is 13.0 Å². The molecule has 20 heavy (non-hydrogen) atoms. The second kappa shape index (κ2) is 5.75. The summed E-state index contributed by atoms with van der Waals surface area (Å²) >= 11 is 0. The van der Waals surface area contributed by atoms with Gasteiger partial charge in [0.1, 0.15) is 0 Å². The van der Waals surface area contributed by atoms with Gasteiger partial charge in [-0.1, -0.05) is 30.3 Å². The van der Waals surface area contributed by atoms with Crippen LogP contribution in [-0.2, 0) is 11.8 Å². The van der Waals surface area contributed by atoms with Gasteiger partial charge in [0.2, 0.25) is 5.89 Å². The minimum Gasteiger partial charge on any atom is -0.339 e. The molecule has 1 atom stereocenters. The summed E-state index contributed by atoms with van der Waals surface area (Å²) in [5.74, 6) is 1.36. The van der Waals surface area contributed by atoms with Gasteiger partial charge in [0.25, 0.3) is 0 Å². The van der Waals surface area contributed by atoms with Crippen molar-refractivity contribution in [1.82, 2.24) is 10.1 Å². The summed E-state index contributed by atoms with van der Waals surface area (Å²) < 4.78 is 5.40. The Bertz CT molecular complexity index is 585. The Morgan fingerprint density at radius 1 is 1.25 bits per heavy atom. The molecule has 0 aliphatic heterocycles. The first-order chi connectivity index (χ1) is 9.48. The maximum absolute atomic E-state index is 5.82. The van der Waals surface area contributed by atoms with Crippen molar-refractivity contribution in [2.75, 3.05) is 6.54 Å². The first-order valence-corrected chi connectivity index (χ1v) is 7.08. The summed E-state index contributed by atoms with van der Waals surface area (Å²) in [4.78, 5) is 4.51. The first kappa shape index (κ1) is 14.7. The quantitative estimate of drug-likeness (QED) is 0.909. The lowest BCUT2D eigenvalue weighted by Crippen LogP contribution is -2.31. The highest BCUT2D eigenvalue weighted by atomic mass is 16.5. The molecule has 1 aromatic heterocycles. The zero-order valence-electron chi connectivity index (χ0n) is 12.7. The van der Waals surface area contributed by atoms with Gasteiger partial charge >= 0.3 is 0 Å². The first-order valence-electron chi connectivity index (χ1n) is 7.08. The molecule has 0 aliphatic carbocycles. The maximum Gasteiger partial charge on any atom is 0.233 e. The molecule has 1 unspecified atom stereocenters. The summed E-state index contributed by atoms with van der Waals surface area (Å²) in [5.41, 5.74) is 9.37. The van der Waals surface area contributed by atoms with Gasteiger partial charge in [-0.15, -0.1) is 0 Å². The molecular formula is C16H23N3O. The molecule has 0 radical (unpaired) electrons. The van der Waals surface area contributed by atoms with Crippen LogP contribution in [0.2, 0.25) is 0 Å². The summed E-state index contributed by atoms with van der Waals surface area (Å²) in [7, 11) is 0.